The zero-order valence-electron chi connectivity index (χ0n) is 16.5. The summed E-state index contributed by atoms with van der Waals surface area (Å²) in [7, 11) is 0. The molecule has 0 fully saturated rings. The van der Waals surface area contributed by atoms with Crippen LogP contribution in [0.25, 0.3) is 0 Å². The van der Waals surface area contributed by atoms with Gasteiger partial charge < -0.3 is 19.7 Å². The standard InChI is InChI=1S/C19H34O6/c1-7-24-12-18(3,4)10-14(11-19(5,6)13-25-8-2)15(17(22)23)9-16(20)21/h7-13H2,1-6H3,(H,20,21)(H,22,23). The zero-order chi connectivity index (χ0) is 19.7. The zero-order valence-corrected chi connectivity index (χ0v) is 16.5. The van der Waals surface area contributed by atoms with Crippen molar-refractivity contribution in [2.45, 2.75) is 60.8 Å². The summed E-state index contributed by atoms with van der Waals surface area (Å²) in [6, 6.07) is 0. The fourth-order valence-corrected chi connectivity index (χ4v) is 2.79. The van der Waals surface area contributed by atoms with Crippen LogP contribution in [0.4, 0.5) is 0 Å². The topological polar surface area (TPSA) is 93.1 Å². The minimum atomic E-state index is -1.17. The lowest BCUT2D eigenvalue weighted by atomic mass is 9.77. The predicted octanol–water partition coefficient (Wildman–Crippen LogP) is 3.75. The number of ether oxygens (including phenoxy) is 2. The summed E-state index contributed by atoms with van der Waals surface area (Å²) in [5.41, 5.74) is 0.0596. The van der Waals surface area contributed by atoms with Gasteiger partial charge in [-0.3, -0.25) is 4.79 Å². The Morgan fingerprint density at radius 3 is 1.52 bits per heavy atom. The Morgan fingerprint density at radius 2 is 1.24 bits per heavy atom. The first-order chi connectivity index (χ1) is 11.4. The van der Waals surface area contributed by atoms with Crippen LogP contribution in [0.1, 0.15) is 60.8 Å². The normalized spacial score (nSPS) is 12.1. The minimum absolute atomic E-state index is 0.0263. The van der Waals surface area contributed by atoms with Crippen molar-refractivity contribution in [2.24, 2.45) is 10.8 Å². The molecule has 146 valence electrons. The highest BCUT2D eigenvalue weighted by Crippen LogP contribution is 2.36. The molecule has 0 amide bonds. The summed E-state index contributed by atoms with van der Waals surface area (Å²) in [5.74, 6) is -2.31. The van der Waals surface area contributed by atoms with Gasteiger partial charge in [-0.25, -0.2) is 4.79 Å². The van der Waals surface area contributed by atoms with Crippen molar-refractivity contribution in [3.8, 4) is 0 Å². The number of hydrogen-bond donors (Lipinski definition) is 2. The largest absolute Gasteiger partial charge is 0.481 e. The van der Waals surface area contributed by atoms with Crippen molar-refractivity contribution < 1.29 is 29.3 Å². The van der Waals surface area contributed by atoms with Crippen molar-refractivity contribution >= 4 is 11.9 Å². The number of carbonyl (C=O) groups is 2. The van der Waals surface area contributed by atoms with Crippen LogP contribution in [-0.4, -0.2) is 48.6 Å². The van der Waals surface area contributed by atoms with Gasteiger partial charge in [-0.15, -0.1) is 0 Å². The Balaban J connectivity index is 5.69. The molecule has 0 bridgehead atoms. The van der Waals surface area contributed by atoms with Crippen LogP contribution in [0.3, 0.4) is 0 Å². The Morgan fingerprint density at radius 1 is 0.840 bits per heavy atom. The molecule has 6 nitrogen and oxygen atoms in total. The lowest BCUT2D eigenvalue weighted by Crippen LogP contribution is -2.26. The maximum atomic E-state index is 11.7. The second kappa shape index (κ2) is 10.6. The lowest BCUT2D eigenvalue weighted by Gasteiger charge is -2.31. The minimum Gasteiger partial charge on any atom is -0.481 e. The third kappa shape index (κ3) is 10.2. The van der Waals surface area contributed by atoms with Crippen molar-refractivity contribution in [1.82, 2.24) is 0 Å². The number of rotatable bonds is 13. The van der Waals surface area contributed by atoms with E-state index in [1.165, 1.54) is 0 Å². The smallest absolute Gasteiger partial charge is 0.332 e. The molecule has 0 aromatic rings. The summed E-state index contributed by atoms with van der Waals surface area (Å²) in [5, 5.41) is 18.7. The second-order valence-electron chi connectivity index (χ2n) is 7.91. The Bertz CT molecular complexity index is 452. The van der Waals surface area contributed by atoms with Gasteiger partial charge >= 0.3 is 11.9 Å². The Kier molecular flexibility index (Phi) is 9.97. The van der Waals surface area contributed by atoms with Crippen LogP contribution in [0.15, 0.2) is 11.1 Å². The van der Waals surface area contributed by atoms with Gasteiger partial charge in [-0.05, 0) is 37.5 Å². The van der Waals surface area contributed by atoms with E-state index in [1.54, 1.807) is 0 Å². The summed E-state index contributed by atoms with van der Waals surface area (Å²) in [6.07, 6.45) is 0.453. The molecule has 0 aromatic carbocycles. The van der Waals surface area contributed by atoms with E-state index in [1.807, 2.05) is 41.5 Å². The van der Waals surface area contributed by atoms with Crippen LogP contribution in [0, 0.1) is 10.8 Å². The Labute approximate surface area is 151 Å². The first-order valence-corrected chi connectivity index (χ1v) is 8.75. The van der Waals surface area contributed by atoms with E-state index in [0.717, 1.165) is 0 Å². The molecule has 0 saturated heterocycles. The fraction of sp³-hybridized carbons (Fsp3) is 0.789. The number of carboxylic acids is 2. The van der Waals surface area contributed by atoms with Crippen molar-refractivity contribution in [3.63, 3.8) is 0 Å². The summed E-state index contributed by atoms with van der Waals surface area (Å²) >= 11 is 0. The third-order valence-electron chi connectivity index (χ3n) is 3.79. The average molecular weight is 358 g/mol. The molecule has 0 saturated carbocycles. The summed E-state index contributed by atoms with van der Waals surface area (Å²) < 4.78 is 11.0. The van der Waals surface area contributed by atoms with Gasteiger partial charge in [0.2, 0.25) is 0 Å². The molecule has 0 aliphatic carbocycles. The van der Waals surface area contributed by atoms with Crippen LogP contribution in [0.5, 0.6) is 0 Å². The monoisotopic (exact) mass is 358 g/mol. The van der Waals surface area contributed by atoms with Crippen molar-refractivity contribution in [1.29, 1.82) is 0 Å². The van der Waals surface area contributed by atoms with Crippen LogP contribution in [0.2, 0.25) is 0 Å². The molecule has 0 heterocycles. The molecule has 25 heavy (non-hydrogen) atoms. The van der Waals surface area contributed by atoms with E-state index >= 15 is 0 Å². The van der Waals surface area contributed by atoms with Gasteiger partial charge in [0.15, 0.2) is 0 Å². The molecular formula is C19H34O6. The quantitative estimate of drug-likeness (QED) is 0.487. The number of allylic oxidation sites excluding steroid dienone is 1. The highest BCUT2D eigenvalue weighted by molar-refractivity contribution is 5.93. The van der Waals surface area contributed by atoms with Crippen molar-refractivity contribution in [2.75, 3.05) is 26.4 Å². The average Bonchev–Trinajstić information content (AvgIpc) is 2.47. The van der Waals surface area contributed by atoms with E-state index < -0.39 is 18.4 Å². The van der Waals surface area contributed by atoms with E-state index in [4.69, 9.17) is 14.6 Å². The number of carboxylic acid groups (broad SMARTS) is 2. The number of aliphatic carboxylic acids is 2. The summed E-state index contributed by atoms with van der Waals surface area (Å²) in [6.45, 7) is 13.9. The lowest BCUT2D eigenvalue weighted by molar-refractivity contribution is -0.139. The highest BCUT2D eigenvalue weighted by Gasteiger charge is 2.29. The van der Waals surface area contributed by atoms with Crippen molar-refractivity contribution in [3.05, 3.63) is 11.1 Å². The van der Waals surface area contributed by atoms with Gasteiger partial charge in [0.25, 0.3) is 0 Å². The number of hydrogen-bond acceptors (Lipinski definition) is 4. The molecule has 0 aliphatic rings. The molecule has 0 unspecified atom stereocenters. The SMILES string of the molecule is CCOCC(C)(C)CC(CC(C)(C)COCC)=C(CC(=O)O)C(=O)O. The molecule has 0 spiro atoms. The molecule has 0 rings (SSSR count). The second-order valence-corrected chi connectivity index (χ2v) is 7.91. The van der Waals surface area contributed by atoms with E-state index in [-0.39, 0.29) is 16.4 Å². The molecule has 0 aromatic heterocycles. The molecule has 0 aliphatic heterocycles. The Hall–Kier alpha value is -1.40. The highest BCUT2D eigenvalue weighted by atomic mass is 16.5. The van der Waals surface area contributed by atoms with E-state index in [9.17, 15) is 14.7 Å². The maximum Gasteiger partial charge on any atom is 0.332 e. The first-order valence-electron chi connectivity index (χ1n) is 8.75. The van der Waals surface area contributed by atoms with Gasteiger partial charge in [-0.2, -0.15) is 0 Å². The van der Waals surface area contributed by atoms with Gasteiger partial charge in [-0.1, -0.05) is 33.3 Å². The van der Waals surface area contributed by atoms with E-state index in [0.29, 0.717) is 44.8 Å². The maximum absolute atomic E-state index is 11.7. The fourth-order valence-electron chi connectivity index (χ4n) is 2.79. The van der Waals surface area contributed by atoms with Crippen LogP contribution in [-0.2, 0) is 19.1 Å². The molecule has 0 atom stereocenters. The predicted molar refractivity (Wildman–Crippen MR) is 96.7 cm³/mol. The van der Waals surface area contributed by atoms with Gasteiger partial charge in [0.1, 0.15) is 0 Å². The van der Waals surface area contributed by atoms with E-state index in [2.05, 4.69) is 0 Å². The molecular weight excluding hydrogens is 324 g/mol. The first kappa shape index (κ1) is 23.6. The molecule has 2 N–H and O–H groups in total. The molecule has 6 heteroatoms. The van der Waals surface area contributed by atoms with Gasteiger partial charge in [0.05, 0.1) is 19.6 Å². The van der Waals surface area contributed by atoms with Crippen LogP contribution >= 0.6 is 0 Å². The third-order valence-corrected chi connectivity index (χ3v) is 3.79. The van der Waals surface area contributed by atoms with Crippen LogP contribution < -0.4 is 0 Å². The molecule has 0 radical (unpaired) electrons. The summed E-state index contributed by atoms with van der Waals surface area (Å²) in [4.78, 5) is 22.8. The van der Waals surface area contributed by atoms with Gasteiger partial charge in [0, 0.05) is 18.8 Å².